The number of phenolic OH excluding ortho intramolecular Hbond substituents is 1. The van der Waals surface area contributed by atoms with Crippen molar-refractivity contribution in [3.63, 3.8) is 0 Å². The number of carbonyl (C=O) groups excluding carboxylic acids is 4. The Bertz CT molecular complexity index is 1520. The molecule has 0 aliphatic rings. The molecule has 0 aliphatic heterocycles. The summed E-state index contributed by atoms with van der Waals surface area (Å²) in [6, 6.07) is 7.31. The van der Waals surface area contributed by atoms with Crippen LogP contribution < -0.4 is 27.4 Å². The van der Waals surface area contributed by atoms with Crippen molar-refractivity contribution in [2.24, 2.45) is 11.5 Å². The molecule has 0 spiro atoms. The van der Waals surface area contributed by atoms with Crippen LogP contribution in [0.15, 0.2) is 54.7 Å². The second kappa shape index (κ2) is 15.2. The topological polar surface area (TPSA) is 267 Å². The van der Waals surface area contributed by atoms with Gasteiger partial charge in [0.25, 0.3) is 0 Å². The fourth-order valence-electron chi connectivity index (χ4n) is 4.44. The molecular formula is C29H34N6O9. The maximum atomic E-state index is 13.7. The zero-order valence-corrected chi connectivity index (χ0v) is 23.5. The lowest BCUT2D eigenvalue weighted by Crippen LogP contribution is -2.58. The molecule has 2 aromatic carbocycles. The summed E-state index contributed by atoms with van der Waals surface area (Å²) in [6.07, 6.45) is 0.175. The molecule has 4 amide bonds. The molecule has 1 aromatic heterocycles. The third-order valence-electron chi connectivity index (χ3n) is 6.77. The molecule has 11 N–H and O–H groups in total. The molecule has 0 aliphatic carbocycles. The third kappa shape index (κ3) is 9.55. The van der Waals surface area contributed by atoms with Crippen molar-refractivity contribution in [2.45, 2.75) is 56.3 Å². The minimum Gasteiger partial charge on any atom is -0.508 e. The molecule has 44 heavy (non-hydrogen) atoms. The van der Waals surface area contributed by atoms with E-state index in [2.05, 4.69) is 20.9 Å². The van der Waals surface area contributed by atoms with Crippen LogP contribution in [0.25, 0.3) is 10.9 Å². The maximum absolute atomic E-state index is 13.7. The van der Waals surface area contributed by atoms with Crippen molar-refractivity contribution in [1.82, 2.24) is 20.9 Å². The van der Waals surface area contributed by atoms with Crippen molar-refractivity contribution < 1.29 is 44.1 Å². The molecule has 4 atom stereocenters. The van der Waals surface area contributed by atoms with Crippen LogP contribution in [0.1, 0.15) is 30.4 Å². The predicted molar refractivity (Wildman–Crippen MR) is 156 cm³/mol. The number of aromatic hydroxyl groups is 1. The molecule has 4 unspecified atom stereocenters. The van der Waals surface area contributed by atoms with Crippen LogP contribution in [0, 0.1) is 0 Å². The molecule has 0 fully saturated rings. The number of hydrogen-bond donors (Lipinski definition) is 9. The molecule has 0 radical (unpaired) electrons. The SMILES string of the molecule is NC(=O)CC(NC(=O)C(Cc1ccc(O)cc1)NC(=O)C(Cc1c[nH]c2ccccc12)NC(=O)C(N)CCC(=O)O)C(=O)O. The van der Waals surface area contributed by atoms with Gasteiger partial charge in [0, 0.05) is 36.4 Å². The number of phenols is 1. The Labute approximate surface area is 251 Å². The van der Waals surface area contributed by atoms with E-state index in [0.717, 1.165) is 10.9 Å². The molecule has 1 heterocycles. The van der Waals surface area contributed by atoms with Gasteiger partial charge < -0.3 is 47.7 Å². The first-order valence-corrected chi connectivity index (χ1v) is 13.6. The van der Waals surface area contributed by atoms with Crippen molar-refractivity contribution >= 4 is 46.5 Å². The largest absolute Gasteiger partial charge is 0.508 e. The third-order valence-corrected chi connectivity index (χ3v) is 6.77. The minimum absolute atomic E-state index is 0.0491. The Balaban J connectivity index is 1.90. The number of H-pyrrole nitrogens is 1. The number of rotatable bonds is 16. The van der Waals surface area contributed by atoms with E-state index in [9.17, 15) is 39.0 Å². The normalized spacial score (nSPS) is 13.7. The van der Waals surface area contributed by atoms with Gasteiger partial charge in [0.2, 0.25) is 23.6 Å². The number of fused-ring (bicyclic) bond motifs is 1. The van der Waals surface area contributed by atoms with E-state index < -0.39 is 66.2 Å². The molecule has 3 rings (SSSR count). The fraction of sp³-hybridized carbons (Fsp3) is 0.310. The van der Waals surface area contributed by atoms with Gasteiger partial charge in [0.1, 0.15) is 23.9 Å². The number of primary amides is 1. The number of para-hydroxylation sites is 1. The number of benzene rings is 2. The first-order valence-electron chi connectivity index (χ1n) is 13.6. The van der Waals surface area contributed by atoms with Crippen LogP contribution >= 0.6 is 0 Å². The standard InChI is InChI=1S/C29H34N6O9/c30-19(9-10-25(38)39)26(40)33-22(12-16-14-32-20-4-2-1-3-18(16)20)28(42)34-21(11-15-5-7-17(36)8-6-15)27(41)35-23(29(43)44)13-24(31)37/h1-8,14,19,21-23,32,36H,9-13,30H2,(H2,31,37)(H,33,40)(H,34,42)(H,35,41)(H,38,39)(H,43,44). The van der Waals surface area contributed by atoms with E-state index >= 15 is 0 Å². The summed E-state index contributed by atoms with van der Waals surface area (Å²) in [6.45, 7) is 0. The number of aromatic amines is 1. The maximum Gasteiger partial charge on any atom is 0.326 e. The summed E-state index contributed by atoms with van der Waals surface area (Å²) in [7, 11) is 0. The van der Waals surface area contributed by atoms with Gasteiger partial charge in [-0.25, -0.2) is 4.79 Å². The summed E-state index contributed by atoms with van der Waals surface area (Å²) in [5.74, 6) is -6.26. The molecular weight excluding hydrogens is 576 g/mol. The summed E-state index contributed by atoms with van der Waals surface area (Å²) < 4.78 is 0. The smallest absolute Gasteiger partial charge is 0.326 e. The molecule has 0 saturated carbocycles. The van der Waals surface area contributed by atoms with Crippen LogP contribution in [-0.2, 0) is 41.6 Å². The van der Waals surface area contributed by atoms with Gasteiger partial charge in [-0.2, -0.15) is 0 Å². The van der Waals surface area contributed by atoms with Gasteiger partial charge in [-0.3, -0.25) is 24.0 Å². The fourth-order valence-corrected chi connectivity index (χ4v) is 4.44. The Hall–Kier alpha value is -5.44. The highest BCUT2D eigenvalue weighted by atomic mass is 16.4. The minimum atomic E-state index is -1.67. The van der Waals surface area contributed by atoms with E-state index in [1.54, 1.807) is 12.3 Å². The Morgan fingerprint density at radius 2 is 1.39 bits per heavy atom. The number of aliphatic carboxylic acids is 2. The number of amides is 4. The Morgan fingerprint density at radius 1 is 0.795 bits per heavy atom. The zero-order chi connectivity index (χ0) is 32.4. The van der Waals surface area contributed by atoms with Gasteiger partial charge in [0.05, 0.1) is 12.5 Å². The van der Waals surface area contributed by atoms with Gasteiger partial charge in [-0.15, -0.1) is 0 Å². The average Bonchev–Trinajstić information content (AvgIpc) is 3.38. The molecule has 0 bridgehead atoms. The monoisotopic (exact) mass is 610 g/mol. The van der Waals surface area contributed by atoms with E-state index in [1.165, 1.54) is 24.3 Å². The number of nitrogens with one attached hydrogen (secondary N) is 4. The molecule has 15 heteroatoms. The van der Waals surface area contributed by atoms with Gasteiger partial charge in [0.15, 0.2) is 0 Å². The average molecular weight is 611 g/mol. The lowest BCUT2D eigenvalue weighted by molar-refractivity contribution is -0.143. The second-order valence-electron chi connectivity index (χ2n) is 10.2. The van der Waals surface area contributed by atoms with Gasteiger partial charge >= 0.3 is 11.9 Å². The lowest BCUT2D eigenvalue weighted by atomic mass is 10.0. The number of carboxylic acids is 2. The van der Waals surface area contributed by atoms with Gasteiger partial charge in [-0.05, 0) is 35.7 Å². The molecule has 3 aromatic rings. The molecule has 15 nitrogen and oxygen atoms in total. The summed E-state index contributed by atoms with van der Waals surface area (Å²) in [4.78, 5) is 76.9. The van der Waals surface area contributed by atoms with E-state index in [0.29, 0.717) is 11.1 Å². The second-order valence-corrected chi connectivity index (χ2v) is 10.2. The van der Waals surface area contributed by atoms with Crippen LogP contribution in [0.3, 0.4) is 0 Å². The highest BCUT2D eigenvalue weighted by molar-refractivity contribution is 5.95. The number of carbonyl (C=O) groups is 6. The number of aromatic nitrogens is 1. The van der Waals surface area contributed by atoms with E-state index in [4.69, 9.17) is 16.6 Å². The van der Waals surface area contributed by atoms with Crippen molar-refractivity contribution in [1.29, 1.82) is 0 Å². The molecule has 234 valence electrons. The summed E-state index contributed by atoms with van der Waals surface area (Å²) >= 11 is 0. The summed E-state index contributed by atoms with van der Waals surface area (Å²) in [5, 5.41) is 36.1. The quantitative estimate of drug-likeness (QED) is 0.0980. The Kier molecular flexibility index (Phi) is 11.4. The highest BCUT2D eigenvalue weighted by Crippen LogP contribution is 2.20. The van der Waals surface area contributed by atoms with Gasteiger partial charge in [-0.1, -0.05) is 30.3 Å². The van der Waals surface area contributed by atoms with Crippen LogP contribution in [0.2, 0.25) is 0 Å². The molecule has 0 saturated heterocycles. The van der Waals surface area contributed by atoms with E-state index in [-0.39, 0.29) is 31.4 Å². The van der Waals surface area contributed by atoms with Crippen LogP contribution in [0.5, 0.6) is 5.75 Å². The first kappa shape index (κ1) is 33.1. The van der Waals surface area contributed by atoms with Crippen molar-refractivity contribution in [3.05, 3.63) is 65.9 Å². The Morgan fingerprint density at radius 3 is 2.00 bits per heavy atom. The lowest BCUT2D eigenvalue weighted by Gasteiger charge is -2.25. The van der Waals surface area contributed by atoms with Crippen LogP contribution in [-0.4, -0.2) is 80.0 Å². The summed E-state index contributed by atoms with van der Waals surface area (Å²) in [5.41, 5.74) is 12.9. The number of carboxylic acid groups (broad SMARTS) is 2. The predicted octanol–water partition coefficient (Wildman–Crippen LogP) is -0.735. The highest BCUT2D eigenvalue weighted by Gasteiger charge is 2.31. The number of nitrogens with two attached hydrogens (primary N) is 2. The zero-order valence-electron chi connectivity index (χ0n) is 23.5. The van der Waals surface area contributed by atoms with Crippen molar-refractivity contribution in [3.8, 4) is 5.75 Å². The van der Waals surface area contributed by atoms with Crippen LogP contribution in [0.4, 0.5) is 0 Å². The van der Waals surface area contributed by atoms with E-state index in [1.807, 2.05) is 18.2 Å². The first-order chi connectivity index (χ1) is 20.8. The number of hydrogen-bond acceptors (Lipinski definition) is 8. The van der Waals surface area contributed by atoms with Crippen molar-refractivity contribution in [2.75, 3.05) is 0 Å².